The summed E-state index contributed by atoms with van der Waals surface area (Å²) in [6.07, 6.45) is 4.43. The topological polar surface area (TPSA) is 145 Å². The first-order chi connectivity index (χ1) is 13.3. The average Bonchev–Trinajstić information content (AvgIpc) is 2.69. The van der Waals surface area contributed by atoms with Gasteiger partial charge in [-0.15, -0.1) is 0 Å². The second kappa shape index (κ2) is 16.9. The van der Waals surface area contributed by atoms with Gasteiger partial charge in [-0.2, -0.15) is 0 Å². The molecule has 0 rings (SSSR count). The monoisotopic (exact) mass is 406 g/mol. The third-order valence-corrected chi connectivity index (χ3v) is 4.70. The molecular formula is C20H38O8. The second-order valence-electron chi connectivity index (χ2n) is 7.25. The van der Waals surface area contributed by atoms with Gasteiger partial charge in [-0.1, -0.05) is 71.1 Å². The van der Waals surface area contributed by atoms with E-state index < -0.39 is 43.0 Å². The molecule has 8 nitrogen and oxygen atoms in total. The second-order valence-corrected chi connectivity index (χ2v) is 7.25. The SMILES string of the molecule is CCCCCCCCCCCCCC(=O)OC(=O)C(O)C(O)C(O)C(O)CO. The Balaban J connectivity index is 3.79. The van der Waals surface area contributed by atoms with Crippen molar-refractivity contribution < 1.29 is 39.9 Å². The van der Waals surface area contributed by atoms with Gasteiger partial charge in [-0.25, -0.2) is 4.79 Å². The van der Waals surface area contributed by atoms with Crippen molar-refractivity contribution in [2.24, 2.45) is 0 Å². The molecule has 0 aromatic carbocycles. The van der Waals surface area contributed by atoms with Crippen LogP contribution in [-0.2, 0) is 14.3 Å². The predicted octanol–water partition coefficient (Wildman–Crippen LogP) is 1.19. The van der Waals surface area contributed by atoms with Crippen LogP contribution in [0.25, 0.3) is 0 Å². The maximum absolute atomic E-state index is 11.6. The minimum Gasteiger partial charge on any atom is -0.394 e. The van der Waals surface area contributed by atoms with Gasteiger partial charge in [0.2, 0.25) is 0 Å². The third-order valence-electron chi connectivity index (χ3n) is 4.70. The van der Waals surface area contributed by atoms with Crippen LogP contribution in [0.4, 0.5) is 0 Å². The lowest BCUT2D eigenvalue weighted by Gasteiger charge is -2.24. The predicted molar refractivity (Wildman–Crippen MR) is 103 cm³/mol. The zero-order valence-corrected chi connectivity index (χ0v) is 17.0. The smallest absolute Gasteiger partial charge is 0.345 e. The van der Waals surface area contributed by atoms with Crippen molar-refractivity contribution in [1.29, 1.82) is 0 Å². The Morgan fingerprint density at radius 2 is 1.21 bits per heavy atom. The molecule has 0 aliphatic rings. The van der Waals surface area contributed by atoms with E-state index >= 15 is 0 Å². The summed E-state index contributed by atoms with van der Waals surface area (Å²) < 4.78 is 4.45. The van der Waals surface area contributed by atoms with E-state index in [0.29, 0.717) is 6.42 Å². The number of ether oxygens (including phenoxy) is 1. The van der Waals surface area contributed by atoms with E-state index in [1.165, 1.54) is 44.9 Å². The number of rotatable bonds is 17. The zero-order valence-electron chi connectivity index (χ0n) is 17.0. The zero-order chi connectivity index (χ0) is 21.4. The van der Waals surface area contributed by atoms with E-state index in [0.717, 1.165) is 19.3 Å². The van der Waals surface area contributed by atoms with Gasteiger partial charge in [0.25, 0.3) is 0 Å². The van der Waals surface area contributed by atoms with Crippen molar-refractivity contribution >= 4 is 11.9 Å². The Kier molecular flexibility index (Phi) is 16.2. The van der Waals surface area contributed by atoms with Crippen molar-refractivity contribution in [3.05, 3.63) is 0 Å². The summed E-state index contributed by atoms with van der Waals surface area (Å²) in [5.41, 5.74) is 0. The molecule has 0 aromatic heterocycles. The molecule has 0 aliphatic heterocycles. The Morgan fingerprint density at radius 3 is 1.68 bits per heavy atom. The number of unbranched alkanes of at least 4 members (excludes halogenated alkanes) is 10. The van der Waals surface area contributed by atoms with Gasteiger partial charge in [-0.05, 0) is 6.42 Å². The molecule has 0 aromatic rings. The maximum atomic E-state index is 11.6. The fourth-order valence-corrected chi connectivity index (χ4v) is 2.82. The van der Waals surface area contributed by atoms with Crippen LogP contribution in [0, 0.1) is 0 Å². The molecule has 8 heteroatoms. The number of hydrogen-bond donors (Lipinski definition) is 5. The van der Waals surface area contributed by atoms with Crippen LogP contribution in [0.2, 0.25) is 0 Å². The van der Waals surface area contributed by atoms with Crippen molar-refractivity contribution in [3.63, 3.8) is 0 Å². The number of carbonyl (C=O) groups is 2. The molecule has 0 radical (unpaired) electrons. The van der Waals surface area contributed by atoms with Gasteiger partial charge in [0.1, 0.15) is 18.3 Å². The van der Waals surface area contributed by atoms with E-state index in [9.17, 15) is 30.0 Å². The molecule has 4 atom stereocenters. The van der Waals surface area contributed by atoms with E-state index in [1.807, 2.05) is 0 Å². The van der Waals surface area contributed by atoms with E-state index in [-0.39, 0.29) is 6.42 Å². The number of carbonyl (C=O) groups excluding carboxylic acids is 2. The molecule has 0 amide bonds. The van der Waals surface area contributed by atoms with Gasteiger partial charge in [0.15, 0.2) is 6.10 Å². The molecule has 0 aliphatic carbocycles. The van der Waals surface area contributed by atoms with Crippen LogP contribution in [0.1, 0.15) is 84.0 Å². The molecule has 0 fully saturated rings. The summed E-state index contributed by atoms with van der Waals surface area (Å²) in [6.45, 7) is 1.34. The summed E-state index contributed by atoms with van der Waals surface area (Å²) in [5.74, 6) is -2.21. The quantitative estimate of drug-likeness (QED) is 0.138. The molecule has 166 valence electrons. The highest BCUT2D eigenvalue weighted by molar-refractivity contribution is 5.88. The van der Waals surface area contributed by atoms with Gasteiger partial charge in [0, 0.05) is 6.42 Å². The van der Waals surface area contributed by atoms with Crippen LogP contribution in [-0.4, -0.2) is 68.5 Å². The average molecular weight is 407 g/mol. The Labute approximate surface area is 167 Å². The highest BCUT2D eigenvalue weighted by Crippen LogP contribution is 2.12. The lowest BCUT2D eigenvalue weighted by atomic mass is 10.0. The Morgan fingerprint density at radius 1 is 0.750 bits per heavy atom. The number of aliphatic hydroxyl groups excluding tert-OH is 5. The summed E-state index contributed by atoms with van der Waals surface area (Å²) in [7, 11) is 0. The van der Waals surface area contributed by atoms with Crippen LogP contribution in [0.5, 0.6) is 0 Å². The first-order valence-electron chi connectivity index (χ1n) is 10.4. The minimum atomic E-state index is -2.20. The van der Waals surface area contributed by atoms with Gasteiger partial charge in [-0.3, -0.25) is 4.79 Å². The van der Waals surface area contributed by atoms with Gasteiger partial charge < -0.3 is 30.3 Å². The first-order valence-corrected chi connectivity index (χ1v) is 10.4. The number of hydrogen-bond acceptors (Lipinski definition) is 8. The number of aliphatic hydroxyl groups is 5. The highest BCUT2D eigenvalue weighted by Gasteiger charge is 2.35. The lowest BCUT2D eigenvalue weighted by Crippen LogP contribution is -2.49. The molecule has 4 unspecified atom stereocenters. The van der Waals surface area contributed by atoms with Crippen molar-refractivity contribution in [3.8, 4) is 0 Å². The highest BCUT2D eigenvalue weighted by atomic mass is 16.6. The summed E-state index contributed by atoms with van der Waals surface area (Å²) >= 11 is 0. The van der Waals surface area contributed by atoms with E-state index in [2.05, 4.69) is 11.7 Å². The lowest BCUT2D eigenvalue weighted by molar-refractivity contribution is -0.176. The molecular weight excluding hydrogens is 368 g/mol. The fourth-order valence-electron chi connectivity index (χ4n) is 2.82. The van der Waals surface area contributed by atoms with E-state index in [1.54, 1.807) is 0 Å². The summed E-state index contributed by atoms with van der Waals surface area (Å²) in [5, 5.41) is 46.5. The molecule has 28 heavy (non-hydrogen) atoms. The fraction of sp³-hybridized carbons (Fsp3) is 0.900. The van der Waals surface area contributed by atoms with Crippen LogP contribution in [0.15, 0.2) is 0 Å². The molecule has 5 N–H and O–H groups in total. The molecule has 0 saturated carbocycles. The van der Waals surface area contributed by atoms with Crippen molar-refractivity contribution in [2.45, 2.75) is 108 Å². The van der Waals surface area contributed by atoms with Crippen LogP contribution >= 0.6 is 0 Å². The summed E-state index contributed by atoms with van der Waals surface area (Å²) in [6, 6.07) is 0. The summed E-state index contributed by atoms with van der Waals surface area (Å²) in [4.78, 5) is 23.2. The maximum Gasteiger partial charge on any atom is 0.345 e. The van der Waals surface area contributed by atoms with Crippen molar-refractivity contribution in [2.75, 3.05) is 6.61 Å². The Bertz CT molecular complexity index is 415. The number of esters is 2. The molecule has 0 spiro atoms. The Hall–Kier alpha value is -1.06. The van der Waals surface area contributed by atoms with Crippen LogP contribution in [0.3, 0.4) is 0 Å². The van der Waals surface area contributed by atoms with Gasteiger partial charge in [0.05, 0.1) is 6.61 Å². The standard InChI is InChI=1S/C20H38O8/c1-2-3-4-5-6-7-8-9-10-11-12-13-16(23)28-20(27)19(26)18(25)17(24)15(22)14-21/h15,17-19,21-22,24-26H,2-14H2,1H3. The largest absolute Gasteiger partial charge is 0.394 e. The van der Waals surface area contributed by atoms with Gasteiger partial charge >= 0.3 is 11.9 Å². The third kappa shape index (κ3) is 12.4. The first kappa shape index (κ1) is 26.9. The van der Waals surface area contributed by atoms with Crippen LogP contribution < -0.4 is 0 Å². The van der Waals surface area contributed by atoms with E-state index in [4.69, 9.17) is 5.11 Å². The molecule has 0 heterocycles. The molecule has 0 bridgehead atoms. The molecule has 0 saturated heterocycles. The minimum absolute atomic E-state index is 0.0212. The van der Waals surface area contributed by atoms with Crippen molar-refractivity contribution in [1.82, 2.24) is 0 Å². The normalized spacial score (nSPS) is 15.6.